The highest BCUT2D eigenvalue weighted by molar-refractivity contribution is 7.99. The topological polar surface area (TPSA) is 67.8 Å². The minimum absolute atomic E-state index is 0.179. The molecule has 138 valence electrons. The molecule has 5 nitrogen and oxygen atoms in total. The first kappa shape index (κ1) is 19.2. The molecule has 3 rings (SSSR count). The third-order valence-corrected chi connectivity index (χ3v) is 5.49. The minimum atomic E-state index is -0.860. The second-order valence-corrected chi connectivity index (χ2v) is 7.61. The van der Waals surface area contributed by atoms with Crippen molar-refractivity contribution >= 4 is 40.9 Å². The largest absolute Gasteiger partial charge is 0.490 e. The summed E-state index contributed by atoms with van der Waals surface area (Å²) in [6.45, 7) is 0.712. The number of carbonyl (C=O) groups is 1. The molecular formula is C18H17Cl2NO4S. The lowest BCUT2D eigenvalue weighted by Crippen LogP contribution is -2.33. The fraction of sp³-hybridized carbons (Fsp3) is 0.278. The van der Waals surface area contributed by atoms with Gasteiger partial charge in [0.2, 0.25) is 0 Å². The van der Waals surface area contributed by atoms with Gasteiger partial charge in [0.25, 0.3) is 0 Å². The Kier molecular flexibility index (Phi) is 6.53. The van der Waals surface area contributed by atoms with Crippen molar-refractivity contribution in [2.24, 2.45) is 0 Å². The number of hydrogen-bond donors (Lipinski definition) is 2. The highest BCUT2D eigenvalue weighted by atomic mass is 35.5. The fourth-order valence-corrected chi connectivity index (χ4v) is 4.05. The van der Waals surface area contributed by atoms with Crippen LogP contribution in [0.2, 0.25) is 10.0 Å². The van der Waals surface area contributed by atoms with E-state index in [1.807, 2.05) is 0 Å². The van der Waals surface area contributed by atoms with Crippen LogP contribution in [0.1, 0.15) is 10.9 Å². The molecule has 2 aromatic rings. The quantitative estimate of drug-likeness (QED) is 0.661. The maximum Gasteiger partial charge on any atom is 0.321 e. The zero-order valence-corrected chi connectivity index (χ0v) is 16.0. The van der Waals surface area contributed by atoms with E-state index in [1.54, 1.807) is 42.5 Å². The van der Waals surface area contributed by atoms with Crippen LogP contribution in [-0.2, 0) is 4.79 Å². The summed E-state index contributed by atoms with van der Waals surface area (Å²) in [6.07, 6.45) is 0. The Balaban J connectivity index is 1.59. The molecule has 0 spiro atoms. The van der Waals surface area contributed by atoms with E-state index >= 15 is 0 Å². The van der Waals surface area contributed by atoms with Gasteiger partial charge in [-0.05, 0) is 42.5 Å². The van der Waals surface area contributed by atoms with E-state index in [4.69, 9.17) is 37.8 Å². The van der Waals surface area contributed by atoms with Gasteiger partial charge in [0.15, 0.2) is 0 Å². The molecule has 0 bridgehead atoms. The Morgan fingerprint density at radius 3 is 2.50 bits per heavy atom. The summed E-state index contributed by atoms with van der Waals surface area (Å²) >= 11 is 13.5. The van der Waals surface area contributed by atoms with Crippen LogP contribution in [0.25, 0.3) is 0 Å². The molecule has 26 heavy (non-hydrogen) atoms. The molecule has 0 amide bonds. The number of carboxylic acids is 1. The molecule has 2 unspecified atom stereocenters. The van der Waals surface area contributed by atoms with Crippen molar-refractivity contribution in [3.63, 3.8) is 0 Å². The molecule has 1 saturated heterocycles. The van der Waals surface area contributed by atoms with Crippen molar-refractivity contribution in [2.45, 2.75) is 11.4 Å². The number of thioether (sulfide) groups is 1. The predicted octanol–water partition coefficient (Wildman–Crippen LogP) is 4.24. The van der Waals surface area contributed by atoms with Gasteiger partial charge in [-0.2, -0.15) is 0 Å². The SMILES string of the molecule is O=C(O)C1CSC(c2cc(Cl)ccc2OCCOc2ccc(Cl)cc2)N1. The molecule has 1 heterocycles. The van der Waals surface area contributed by atoms with E-state index in [0.29, 0.717) is 40.5 Å². The zero-order chi connectivity index (χ0) is 18.5. The number of aliphatic carboxylic acids is 1. The van der Waals surface area contributed by atoms with E-state index in [2.05, 4.69) is 5.32 Å². The van der Waals surface area contributed by atoms with E-state index in [0.717, 1.165) is 5.56 Å². The van der Waals surface area contributed by atoms with Gasteiger partial charge in [-0.25, -0.2) is 0 Å². The smallest absolute Gasteiger partial charge is 0.321 e. The first-order valence-corrected chi connectivity index (χ1v) is 9.74. The highest BCUT2D eigenvalue weighted by Crippen LogP contribution is 2.39. The van der Waals surface area contributed by atoms with Crippen molar-refractivity contribution in [3.8, 4) is 11.5 Å². The Labute approximate surface area is 165 Å². The Morgan fingerprint density at radius 1 is 1.12 bits per heavy atom. The van der Waals surface area contributed by atoms with Crippen LogP contribution in [-0.4, -0.2) is 36.1 Å². The normalized spacial score (nSPS) is 19.3. The third kappa shape index (κ3) is 4.98. The summed E-state index contributed by atoms with van der Waals surface area (Å²) in [5.41, 5.74) is 0.831. The lowest BCUT2D eigenvalue weighted by molar-refractivity contribution is -0.138. The fourth-order valence-electron chi connectivity index (χ4n) is 2.49. The lowest BCUT2D eigenvalue weighted by Gasteiger charge is -2.17. The number of ether oxygens (including phenoxy) is 2. The summed E-state index contributed by atoms with van der Waals surface area (Å²) in [7, 11) is 0. The Morgan fingerprint density at radius 2 is 1.81 bits per heavy atom. The maximum atomic E-state index is 11.1. The van der Waals surface area contributed by atoms with Gasteiger partial charge in [-0.1, -0.05) is 23.2 Å². The van der Waals surface area contributed by atoms with Gasteiger partial charge < -0.3 is 14.6 Å². The molecule has 2 aromatic carbocycles. The molecule has 1 fully saturated rings. The summed E-state index contributed by atoms with van der Waals surface area (Å²) in [6, 6.07) is 11.9. The molecule has 2 atom stereocenters. The van der Waals surface area contributed by atoms with Gasteiger partial charge in [0.1, 0.15) is 30.8 Å². The first-order valence-electron chi connectivity index (χ1n) is 7.94. The molecular weight excluding hydrogens is 397 g/mol. The van der Waals surface area contributed by atoms with Crippen LogP contribution < -0.4 is 14.8 Å². The summed E-state index contributed by atoms with van der Waals surface area (Å²) < 4.78 is 11.4. The van der Waals surface area contributed by atoms with Crippen molar-refractivity contribution in [1.29, 1.82) is 0 Å². The van der Waals surface area contributed by atoms with Crippen molar-refractivity contribution in [2.75, 3.05) is 19.0 Å². The molecule has 0 radical (unpaired) electrons. The van der Waals surface area contributed by atoms with Crippen LogP contribution in [0.15, 0.2) is 42.5 Å². The summed E-state index contributed by atoms with van der Waals surface area (Å²) in [5, 5.41) is 13.3. The van der Waals surface area contributed by atoms with Crippen LogP contribution in [0.5, 0.6) is 11.5 Å². The van der Waals surface area contributed by atoms with Crippen molar-refractivity contribution in [3.05, 3.63) is 58.1 Å². The number of halogens is 2. The second kappa shape index (κ2) is 8.86. The minimum Gasteiger partial charge on any atom is -0.490 e. The lowest BCUT2D eigenvalue weighted by atomic mass is 10.2. The molecule has 1 aliphatic heterocycles. The molecule has 8 heteroatoms. The number of carboxylic acid groups (broad SMARTS) is 1. The van der Waals surface area contributed by atoms with Gasteiger partial charge in [0.05, 0.1) is 5.37 Å². The number of rotatable bonds is 7. The molecule has 0 aromatic heterocycles. The van der Waals surface area contributed by atoms with Gasteiger partial charge in [0, 0.05) is 21.4 Å². The predicted molar refractivity (Wildman–Crippen MR) is 104 cm³/mol. The number of nitrogens with one attached hydrogen (secondary N) is 1. The molecule has 0 saturated carbocycles. The van der Waals surface area contributed by atoms with Gasteiger partial charge in [-0.3, -0.25) is 10.1 Å². The van der Waals surface area contributed by atoms with Gasteiger partial charge >= 0.3 is 5.97 Å². The highest BCUT2D eigenvalue weighted by Gasteiger charge is 2.32. The molecule has 2 N–H and O–H groups in total. The zero-order valence-electron chi connectivity index (χ0n) is 13.7. The van der Waals surface area contributed by atoms with E-state index in [9.17, 15) is 4.79 Å². The second-order valence-electron chi connectivity index (χ2n) is 5.60. The van der Waals surface area contributed by atoms with Crippen molar-refractivity contribution < 1.29 is 19.4 Å². The summed E-state index contributed by atoms with van der Waals surface area (Å²) in [5.74, 6) is 1.00. The summed E-state index contributed by atoms with van der Waals surface area (Å²) in [4.78, 5) is 11.1. The monoisotopic (exact) mass is 413 g/mol. The van der Waals surface area contributed by atoms with E-state index in [-0.39, 0.29) is 5.37 Å². The van der Waals surface area contributed by atoms with Crippen LogP contribution >= 0.6 is 35.0 Å². The van der Waals surface area contributed by atoms with Crippen LogP contribution in [0, 0.1) is 0 Å². The average Bonchev–Trinajstić information content (AvgIpc) is 3.11. The van der Waals surface area contributed by atoms with Crippen LogP contribution in [0.3, 0.4) is 0 Å². The Bertz CT molecular complexity index is 772. The average molecular weight is 414 g/mol. The van der Waals surface area contributed by atoms with E-state index < -0.39 is 12.0 Å². The first-order chi connectivity index (χ1) is 12.5. The molecule has 0 aliphatic carbocycles. The Hall–Kier alpha value is -1.60. The maximum absolute atomic E-state index is 11.1. The van der Waals surface area contributed by atoms with E-state index in [1.165, 1.54) is 11.8 Å². The van der Waals surface area contributed by atoms with Crippen LogP contribution in [0.4, 0.5) is 0 Å². The number of hydrogen-bond acceptors (Lipinski definition) is 5. The standard InChI is InChI=1S/C18H17Cl2NO4S/c19-11-1-4-13(5-2-11)24-7-8-25-16-6-3-12(20)9-14(16)17-21-15(10-26-17)18(22)23/h1-6,9,15,17,21H,7-8,10H2,(H,22,23). The number of benzene rings is 2. The third-order valence-electron chi connectivity index (χ3n) is 3.76. The van der Waals surface area contributed by atoms with Crippen molar-refractivity contribution in [1.82, 2.24) is 5.32 Å². The molecule has 1 aliphatic rings. The van der Waals surface area contributed by atoms with Gasteiger partial charge in [-0.15, -0.1) is 11.8 Å².